The molecule has 94 valence electrons. The van der Waals surface area contributed by atoms with Crippen LogP contribution < -0.4 is 0 Å². The predicted octanol–water partition coefficient (Wildman–Crippen LogP) is 4.14. The minimum Gasteiger partial charge on any atom is -0.450 e. The molecule has 1 N–H and O–H groups in total. The molecular formula is C15H25BO. The normalized spacial score (nSPS) is 17.2. The van der Waals surface area contributed by atoms with Crippen molar-refractivity contribution in [2.24, 2.45) is 5.92 Å². The zero-order valence-electron chi connectivity index (χ0n) is 11.4. The standard InChI is InChI=1S/C13H19BO.C2H6/c1-14(15)13(12-9-5-6-10-12)11-7-3-2-4-8-11;1-2/h2-4,7-8,12-13,15H,5-6,9-10H2,1H3;1-2H3. The highest BCUT2D eigenvalue weighted by molar-refractivity contribution is 6.50. The van der Waals surface area contributed by atoms with Gasteiger partial charge in [0.2, 0.25) is 0 Å². The van der Waals surface area contributed by atoms with E-state index in [2.05, 4.69) is 24.3 Å². The molecule has 0 spiro atoms. The molecule has 1 fully saturated rings. The molecule has 0 aliphatic heterocycles. The summed E-state index contributed by atoms with van der Waals surface area (Å²) in [5.41, 5.74) is 1.31. The van der Waals surface area contributed by atoms with Crippen LogP contribution in [0.15, 0.2) is 30.3 Å². The minimum absolute atomic E-state index is 0.226. The van der Waals surface area contributed by atoms with Gasteiger partial charge in [-0.05, 0) is 17.3 Å². The van der Waals surface area contributed by atoms with E-state index in [1.54, 1.807) is 0 Å². The predicted molar refractivity (Wildman–Crippen MR) is 76.3 cm³/mol. The van der Waals surface area contributed by atoms with Crippen molar-refractivity contribution in [2.45, 2.75) is 52.2 Å². The smallest absolute Gasteiger partial charge is 0.293 e. The maximum absolute atomic E-state index is 9.93. The van der Waals surface area contributed by atoms with Crippen molar-refractivity contribution in [2.75, 3.05) is 0 Å². The summed E-state index contributed by atoms with van der Waals surface area (Å²) in [6, 6.07) is 10.5. The molecule has 1 nitrogen and oxygen atoms in total. The number of hydrogen-bond acceptors (Lipinski definition) is 1. The summed E-state index contributed by atoms with van der Waals surface area (Å²) >= 11 is 0. The third-order valence-electron chi connectivity index (χ3n) is 3.61. The Morgan fingerprint density at radius 1 is 1.12 bits per heavy atom. The van der Waals surface area contributed by atoms with Crippen molar-refractivity contribution in [3.8, 4) is 0 Å². The van der Waals surface area contributed by atoms with Crippen molar-refractivity contribution >= 4 is 6.92 Å². The Morgan fingerprint density at radius 3 is 2.12 bits per heavy atom. The topological polar surface area (TPSA) is 20.2 Å². The monoisotopic (exact) mass is 232 g/mol. The van der Waals surface area contributed by atoms with E-state index in [9.17, 15) is 5.02 Å². The van der Waals surface area contributed by atoms with E-state index in [-0.39, 0.29) is 6.92 Å². The Labute approximate surface area is 106 Å². The third kappa shape index (κ3) is 3.88. The molecule has 0 bridgehead atoms. The van der Waals surface area contributed by atoms with E-state index in [4.69, 9.17) is 0 Å². The SMILES string of the molecule is CB(O)C(c1ccccc1)C1CCCC1.CC. The van der Waals surface area contributed by atoms with E-state index in [0.717, 1.165) is 0 Å². The lowest BCUT2D eigenvalue weighted by Gasteiger charge is -2.24. The van der Waals surface area contributed by atoms with Crippen LogP contribution in [0.1, 0.15) is 50.9 Å². The number of hydrogen-bond donors (Lipinski definition) is 1. The molecule has 2 heteroatoms. The minimum atomic E-state index is -0.226. The second-order valence-electron chi connectivity index (χ2n) is 4.72. The van der Waals surface area contributed by atoms with E-state index in [1.807, 2.05) is 26.7 Å². The molecule has 1 aromatic carbocycles. The highest BCUT2D eigenvalue weighted by Gasteiger charge is 2.31. The molecule has 0 heterocycles. The van der Waals surface area contributed by atoms with Crippen LogP contribution in [0, 0.1) is 5.92 Å². The van der Waals surface area contributed by atoms with Crippen molar-refractivity contribution in [3.63, 3.8) is 0 Å². The van der Waals surface area contributed by atoms with Gasteiger partial charge in [0.1, 0.15) is 0 Å². The van der Waals surface area contributed by atoms with E-state index in [1.165, 1.54) is 31.2 Å². The molecule has 1 aromatic rings. The van der Waals surface area contributed by atoms with Gasteiger partial charge in [0.05, 0.1) is 0 Å². The first kappa shape index (κ1) is 14.3. The summed E-state index contributed by atoms with van der Waals surface area (Å²) in [5.74, 6) is 1.03. The lowest BCUT2D eigenvalue weighted by Crippen LogP contribution is -2.26. The van der Waals surface area contributed by atoms with Gasteiger partial charge in [0.15, 0.2) is 0 Å². The van der Waals surface area contributed by atoms with Crippen molar-refractivity contribution in [3.05, 3.63) is 35.9 Å². The molecule has 1 saturated carbocycles. The average molecular weight is 232 g/mol. The van der Waals surface area contributed by atoms with Crippen LogP contribution in [0.25, 0.3) is 0 Å². The van der Waals surface area contributed by atoms with Gasteiger partial charge >= 0.3 is 0 Å². The second-order valence-corrected chi connectivity index (χ2v) is 4.72. The Balaban J connectivity index is 0.000000686. The highest BCUT2D eigenvalue weighted by atomic mass is 16.2. The molecule has 0 amide bonds. The van der Waals surface area contributed by atoms with E-state index < -0.39 is 0 Å². The molecule has 1 aliphatic rings. The summed E-state index contributed by atoms with van der Waals surface area (Å²) in [4.78, 5) is 0. The van der Waals surface area contributed by atoms with Gasteiger partial charge in [-0.3, -0.25) is 0 Å². The Morgan fingerprint density at radius 2 is 1.65 bits per heavy atom. The Kier molecular flexibility index (Phi) is 6.35. The van der Waals surface area contributed by atoms with Gasteiger partial charge in [-0.25, -0.2) is 0 Å². The fourth-order valence-corrected chi connectivity index (χ4v) is 2.94. The summed E-state index contributed by atoms with van der Waals surface area (Å²) < 4.78 is 0. The van der Waals surface area contributed by atoms with Crippen LogP contribution in [-0.2, 0) is 0 Å². The summed E-state index contributed by atoms with van der Waals surface area (Å²) in [5, 5.41) is 9.93. The largest absolute Gasteiger partial charge is 0.450 e. The molecule has 1 aliphatic carbocycles. The second kappa shape index (κ2) is 7.55. The van der Waals surface area contributed by atoms with Gasteiger partial charge in [-0.2, -0.15) is 0 Å². The van der Waals surface area contributed by atoms with E-state index >= 15 is 0 Å². The maximum atomic E-state index is 9.93. The fraction of sp³-hybridized carbons (Fsp3) is 0.600. The molecule has 0 saturated heterocycles. The zero-order valence-corrected chi connectivity index (χ0v) is 11.4. The molecule has 1 atom stereocenters. The van der Waals surface area contributed by atoms with Crippen molar-refractivity contribution in [1.29, 1.82) is 0 Å². The summed E-state index contributed by atoms with van der Waals surface area (Å²) in [6.45, 7) is 5.70. The van der Waals surface area contributed by atoms with Gasteiger partial charge in [0.25, 0.3) is 6.92 Å². The van der Waals surface area contributed by atoms with Crippen molar-refractivity contribution < 1.29 is 5.02 Å². The van der Waals surface area contributed by atoms with Crippen LogP contribution in [-0.4, -0.2) is 11.9 Å². The van der Waals surface area contributed by atoms with Crippen LogP contribution >= 0.6 is 0 Å². The highest BCUT2D eigenvalue weighted by Crippen LogP contribution is 2.38. The molecule has 17 heavy (non-hydrogen) atoms. The summed E-state index contributed by atoms with van der Waals surface area (Å²) in [6.07, 6.45) is 5.23. The maximum Gasteiger partial charge on any atom is 0.293 e. The van der Waals surface area contributed by atoms with Gasteiger partial charge in [0, 0.05) is 0 Å². The van der Waals surface area contributed by atoms with Crippen molar-refractivity contribution in [1.82, 2.24) is 0 Å². The fourth-order valence-electron chi connectivity index (χ4n) is 2.94. The Hall–Kier alpha value is -0.755. The summed E-state index contributed by atoms with van der Waals surface area (Å²) in [7, 11) is 0. The molecule has 0 aromatic heterocycles. The Bertz CT molecular complexity index is 291. The number of benzene rings is 1. The average Bonchev–Trinajstić information content (AvgIpc) is 2.86. The third-order valence-corrected chi connectivity index (χ3v) is 3.61. The zero-order chi connectivity index (χ0) is 12.7. The molecule has 1 unspecified atom stereocenters. The quantitative estimate of drug-likeness (QED) is 0.776. The van der Waals surface area contributed by atoms with Crippen LogP contribution in [0.2, 0.25) is 6.82 Å². The van der Waals surface area contributed by atoms with Crippen LogP contribution in [0.5, 0.6) is 0 Å². The molecular weight excluding hydrogens is 207 g/mol. The van der Waals surface area contributed by atoms with E-state index in [0.29, 0.717) is 11.7 Å². The first-order valence-corrected chi connectivity index (χ1v) is 7.02. The van der Waals surface area contributed by atoms with Gasteiger partial charge in [-0.1, -0.05) is 76.7 Å². The first-order valence-electron chi connectivity index (χ1n) is 7.02. The van der Waals surface area contributed by atoms with Gasteiger partial charge in [-0.15, -0.1) is 0 Å². The first-order chi connectivity index (χ1) is 8.29. The molecule has 0 radical (unpaired) electrons. The number of rotatable bonds is 3. The van der Waals surface area contributed by atoms with Gasteiger partial charge < -0.3 is 5.02 Å². The lowest BCUT2D eigenvalue weighted by molar-refractivity contribution is 0.463. The molecule has 2 rings (SSSR count). The lowest BCUT2D eigenvalue weighted by atomic mass is 9.51. The van der Waals surface area contributed by atoms with Crippen LogP contribution in [0.3, 0.4) is 0 Å². The van der Waals surface area contributed by atoms with Crippen LogP contribution in [0.4, 0.5) is 0 Å².